The fraction of sp³-hybridized carbons (Fsp3) is 0.182. The lowest BCUT2D eigenvalue weighted by molar-refractivity contribution is -0.119. The topological polar surface area (TPSA) is 79.0 Å². The summed E-state index contributed by atoms with van der Waals surface area (Å²) in [6.07, 6.45) is 0.655. The average molecular weight is 363 g/mol. The Labute approximate surface area is 157 Å². The van der Waals surface area contributed by atoms with E-state index in [9.17, 15) is 4.79 Å². The highest BCUT2D eigenvalue weighted by molar-refractivity contribution is 6.16. The number of hydrogen-bond donors (Lipinski definition) is 3. The molecule has 0 aromatic heterocycles. The molecule has 0 heterocycles. The molecule has 0 aliphatic rings. The van der Waals surface area contributed by atoms with Gasteiger partial charge in [0.15, 0.2) is 5.82 Å². The molecule has 0 bridgehead atoms. The van der Waals surface area contributed by atoms with Crippen LogP contribution in [0, 0.1) is 17.1 Å². The Morgan fingerprint density at radius 1 is 1.15 bits per heavy atom. The second-order valence-corrected chi connectivity index (χ2v) is 6.63. The molecule has 0 saturated carbocycles. The average Bonchev–Trinajstić information content (AvgIpc) is 2.68. The second-order valence-electron chi connectivity index (χ2n) is 6.63. The molecular weight excluding hydrogens is 341 g/mol. The molecule has 5 heteroatoms. The molecule has 0 aliphatic heterocycles. The van der Waals surface area contributed by atoms with Crippen LogP contribution < -0.4 is 11.1 Å². The SMILES string of the molecule is CCC(C)C(=O)Nc1ccc(N)c(C(=N)c2ccc3ccccc3c2)c1F. The molecule has 1 unspecified atom stereocenters. The number of halogens is 1. The van der Waals surface area contributed by atoms with Gasteiger partial charge in [0.25, 0.3) is 0 Å². The lowest BCUT2D eigenvalue weighted by Crippen LogP contribution is -2.21. The maximum Gasteiger partial charge on any atom is 0.227 e. The Hall–Kier alpha value is -3.21. The zero-order valence-electron chi connectivity index (χ0n) is 15.3. The highest BCUT2D eigenvalue weighted by Crippen LogP contribution is 2.28. The van der Waals surface area contributed by atoms with E-state index in [1.165, 1.54) is 12.1 Å². The molecule has 0 aliphatic carbocycles. The Morgan fingerprint density at radius 2 is 1.85 bits per heavy atom. The van der Waals surface area contributed by atoms with Gasteiger partial charge in [-0.05, 0) is 35.4 Å². The van der Waals surface area contributed by atoms with Crippen molar-refractivity contribution in [3.8, 4) is 0 Å². The highest BCUT2D eigenvalue weighted by Gasteiger charge is 2.20. The number of hydrogen-bond acceptors (Lipinski definition) is 3. The maximum absolute atomic E-state index is 15.1. The minimum absolute atomic E-state index is 0.00719. The Kier molecular flexibility index (Phi) is 5.21. The van der Waals surface area contributed by atoms with E-state index >= 15 is 4.39 Å². The molecule has 1 amide bonds. The first-order chi connectivity index (χ1) is 12.9. The summed E-state index contributed by atoms with van der Waals surface area (Å²) in [5.41, 5.74) is 6.70. The zero-order valence-corrected chi connectivity index (χ0v) is 15.3. The van der Waals surface area contributed by atoms with Gasteiger partial charge in [-0.3, -0.25) is 10.2 Å². The molecule has 1 atom stereocenters. The zero-order chi connectivity index (χ0) is 19.6. The van der Waals surface area contributed by atoms with E-state index < -0.39 is 5.82 Å². The van der Waals surface area contributed by atoms with Crippen LogP contribution in [0.5, 0.6) is 0 Å². The van der Waals surface area contributed by atoms with Crippen molar-refractivity contribution in [3.63, 3.8) is 0 Å². The number of rotatable bonds is 5. The van der Waals surface area contributed by atoms with Crippen molar-refractivity contribution in [3.05, 3.63) is 71.5 Å². The minimum Gasteiger partial charge on any atom is -0.398 e. The van der Waals surface area contributed by atoms with E-state index in [2.05, 4.69) is 5.32 Å². The van der Waals surface area contributed by atoms with E-state index in [1.807, 2.05) is 43.3 Å². The molecule has 4 N–H and O–H groups in total. The van der Waals surface area contributed by atoms with Gasteiger partial charge in [-0.2, -0.15) is 0 Å². The largest absolute Gasteiger partial charge is 0.398 e. The summed E-state index contributed by atoms with van der Waals surface area (Å²) in [5, 5.41) is 13.1. The lowest BCUT2D eigenvalue weighted by atomic mass is 9.97. The fourth-order valence-corrected chi connectivity index (χ4v) is 2.87. The van der Waals surface area contributed by atoms with Crippen molar-refractivity contribution < 1.29 is 9.18 Å². The Bertz CT molecular complexity index is 1030. The quantitative estimate of drug-likeness (QED) is 0.442. The number of carbonyl (C=O) groups excluding carboxylic acids is 1. The first-order valence-corrected chi connectivity index (χ1v) is 8.89. The molecule has 0 saturated heterocycles. The Balaban J connectivity index is 2.00. The summed E-state index contributed by atoms with van der Waals surface area (Å²) in [4.78, 5) is 12.1. The van der Waals surface area contributed by atoms with Crippen LogP contribution in [-0.2, 0) is 4.79 Å². The standard InChI is InChI=1S/C22H22FN3O/c1-3-13(2)22(27)26-18-11-10-17(24)19(20(18)23)21(25)16-9-8-14-6-4-5-7-15(14)12-16/h4-13,25H,3,24H2,1-2H3,(H,26,27). The van der Waals surface area contributed by atoms with Gasteiger partial charge >= 0.3 is 0 Å². The number of nitrogens with one attached hydrogen (secondary N) is 2. The van der Waals surface area contributed by atoms with Crippen LogP contribution in [-0.4, -0.2) is 11.6 Å². The summed E-state index contributed by atoms with van der Waals surface area (Å²) in [7, 11) is 0. The molecule has 27 heavy (non-hydrogen) atoms. The molecular formula is C22H22FN3O. The van der Waals surface area contributed by atoms with Crippen molar-refractivity contribution in [2.45, 2.75) is 20.3 Å². The fourth-order valence-electron chi connectivity index (χ4n) is 2.87. The van der Waals surface area contributed by atoms with Crippen LogP contribution in [0.25, 0.3) is 10.8 Å². The van der Waals surface area contributed by atoms with Crippen LogP contribution >= 0.6 is 0 Å². The van der Waals surface area contributed by atoms with E-state index in [1.54, 1.807) is 13.0 Å². The number of amides is 1. The van der Waals surface area contributed by atoms with Crippen LogP contribution in [0.3, 0.4) is 0 Å². The third kappa shape index (κ3) is 3.67. The van der Waals surface area contributed by atoms with Gasteiger partial charge in [-0.25, -0.2) is 4.39 Å². The summed E-state index contributed by atoms with van der Waals surface area (Å²) in [6, 6.07) is 16.2. The van der Waals surface area contributed by atoms with Gasteiger partial charge < -0.3 is 11.1 Å². The van der Waals surface area contributed by atoms with E-state index in [0.29, 0.717) is 12.0 Å². The minimum atomic E-state index is -0.690. The van der Waals surface area contributed by atoms with Crippen molar-refractivity contribution >= 4 is 33.8 Å². The molecule has 0 spiro atoms. The third-order valence-corrected chi connectivity index (χ3v) is 4.78. The maximum atomic E-state index is 15.1. The van der Waals surface area contributed by atoms with Crippen molar-refractivity contribution in [1.82, 2.24) is 0 Å². The van der Waals surface area contributed by atoms with Crippen LogP contribution in [0.2, 0.25) is 0 Å². The van der Waals surface area contributed by atoms with Crippen LogP contribution in [0.1, 0.15) is 31.4 Å². The number of fused-ring (bicyclic) bond motifs is 1. The first-order valence-electron chi connectivity index (χ1n) is 8.89. The predicted molar refractivity (Wildman–Crippen MR) is 109 cm³/mol. The van der Waals surface area contributed by atoms with E-state index in [0.717, 1.165) is 10.8 Å². The monoisotopic (exact) mass is 363 g/mol. The van der Waals surface area contributed by atoms with Gasteiger partial charge in [0, 0.05) is 17.2 Å². The number of benzene rings is 3. The number of nitrogen functional groups attached to an aromatic ring is 1. The van der Waals surface area contributed by atoms with Gasteiger partial charge in [0.05, 0.1) is 17.0 Å². The van der Waals surface area contributed by atoms with Gasteiger partial charge in [-0.15, -0.1) is 0 Å². The van der Waals surface area contributed by atoms with Crippen LogP contribution in [0.15, 0.2) is 54.6 Å². The third-order valence-electron chi connectivity index (χ3n) is 4.78. The summed E-state index contributed by atoms with van der Waals surface area (Å²) >= 11 is 0. The van der Waals surface area contributed by atoms with Gasteiger partial charge in [-0.1, -0.05) is 50.2 Å². The Morgan fingerprint density at radius 3 is 2.56 bits per heavy atom. The highest BCUT2D eigenvalue weighted by atomic mass is 19.1. The summed E-state index contributed by atoms with van der Waals surface area (Å²) in [6.45, 7) is 3.67. The number of anilines is 2. The van der Waals surface area contributed by atoms with Crippen LogP contribution in [0.4, 0.5) is 15.8 Å². The van der Waals surface area contributed by atoms with Crippen molar-refractivity contribution in [1.29, 1.82) is 5.41 Å². The van der Waals surface area contributed by atoms with Crippen molar-refractivity contribution in [2.24, 2.45) is 5.92 Å². The molecule has 0 fully saturated rings. The van der Waals surface area contributed by atoms with Gasteiger partial charge in [0.2, 0.25) is 5.91 Å². The molecule has 4 nitrogen and oxygen atoms in total. The number of nitrogens with two attached hydrogens (primary N) is 1. The first kappa shape index (κ1) is 18.6. The van der Waals surface area contributed by atoms with E-state index in [4.69, 9.17) is 11.1 Å². The van der Waals surface area contributed by atoms with Crippen molar-refractivity contribution in [2.75, 3.05) is 11.1 Å². The van der Waals surface area contributed by atoms with Gasteiger partial charge in [0.1, 0.15) is 0 Å². The smallest absolute Gasteiger partial charge is 0.227 e. The lowest BCUT2D eigenvalue weighted by Gasteiger charge is -2.15. The number of carbonyl (C=O) groups is 1. The summed E-state index contributed by atoms with van der Waals surface area (Å²) in [5.74, 6) is -1.18. The normalized spacial score (nSPS) is 12.0. The molecule has 138 valence electrons. The molecule has 0 radical (unpaired) electrons. The molecule has 3 rings (SSSR count). The molecule has 3 aromatic rings. The summed E-state index contributed by atoms with van der Waals surface area (Å²) < 4.78 is 15.1. The predicted octanol–water partition coefficient (Wildman–Crippen LogP) is 4.96. The van der Waals surface area contributed by atoms with E-state index in [-0.39, 0.29) is 34.5 Å². The second kappa shape index (κ2) is 7.58. The molecule has 3 aromatic carbocycles.